The van der Waals surface area contributed by atoms with Crippen LogP contribution < -0.4 is 4.74 Å². The summed E-state index contributed by atoms with van der Waals surface area (Å²) in [6.07, 6.45) is 9.08. The lowest BCUT2D eigenvalue weighted by Crippen LogP contribution is -2.56. The van der Waals surface area contributed by atoms with Crippen molar-refractivity contribution in [2.24, 2.45) is 7.05 Å². The summed E-state index contributed by atoms with van der Waals surface area (Å²) in [6, 6.07) is 8.92. The molecule has 1 saturated heterocycles. The molecular formula is C29H30N6O4. The molecule has 0 aliphatic carbocycles. The molecule has 0 radical (unpaired) electrons. The van der Waals surface area contributed by atoms with Gasteiger partial charge in [-0.1, -0.05) is 0 Å². The molecule has 1 spiro atoms. The average Bonchev–Trinajstić information content (AvgIpc) is 3.30. The molecule has 6 rings (SSSR count). The fourth-order valence-corrected chi connectivity index (χ4v) is 6.35. The Labute approximate surface area is 225 Å². The molecule has 1 aromatic carbocycles. The van der Waals surface area contributed by atoms with Crippen LogP contribution in [-0.4, -0.2) is 79.6 Å². The van der Waals surface area contributed by atoms with Gasteiger partial charge < -0.3 is 24.2 Å². The maximum atomic E-state index is 13.8. The number of likely N-dealkylation sites (tertiary alicyclic amines) is 1. The number of aliphatic hydroxyl groups is 1. The van der Waals surface area contributed by atoms with Crippen LogP contribution in [0.2, 0.25) is 0 Å². The van der Waals surface area contributed by atoms with Gasteiger partial charge in [0.1, 0.15) is 11.4 Å². The molecule has 1 N–H and O–H groups in total. The molecule has 10 nitrogen and oxygen atoms in total. The molecule has 2 amide bonds. The van der Waals surface area contributed by atoms with Gasteiger partial charge in [0.05, 0.1) is 31.5 Å². The number of carbonyl (C=O) groups is 2. The zero-order valence-corrected chi connectivity index (χ0v) is 21.9. The Hall–Kier alpha value is -4.31. The van der Waals surface area contributed by atoms with Crippen LogP contribution in [0, 0.1) is 0 Å². The first-order valence-corrected chi connectivity index (χ1v) is 13.0. The molecule has 0 bridgehead atoms. The summed E-state index contributed by atoms with van der Waals surface area (Å²) in [4.78, 5) is 43.0. The molecule has 4 aromatic rings. The second-order valence-electron chi connectivity index (χ2n) is 10.2. The maximum absolute atomic E-state index is 13.8. The number of hydrogen-bond donors (Lipinski definition) is 1. The van der Waals surface area contributed by atoms with E-state index < -0.39 is 11.5 Å². The first-order chi connectivity index (χ1) is 19.0. The van der Waals surface area contributed by atoms with Crippen LogP contribution >= 0.6 is 0 Å². The lowest BCUT2D eigenvalue weighted by molar-refractivity contribution is 0.0313. The van der Waals surface area contributed by atoms with Crippen molar-refractivity contribution in [2.45, 2.75) is 24.3 Å². The standard InChI is InChI=1S/C29H30N6O4/c1-33-23-15-20(39-2)3-4-21(23)25-26(33)24(17-36)35(28(38)22-16-31-11-12-32-22)18-29(25)7-13-34(14-8-29)27(37)19-5-9-30-10-6-19/h3-6,9-12,15-16,24,36H,7-8,13-14,17-18H2,1-2H3/t24-/m0/s1. The molecular weight excluding hydrogens is 496 g/mol. The zero-order valence-electron chi connectivity index (χ0n) is 21.9. The minimum Gasteiger partial charge on any atom is -0.497 e. The van der Waals surface area contributed by atoms with Crippen molar-refractivity contribution >= 4 is 22.7 Å². The highest BCUT2D eigenvalue weighted by atomic mass is 16.5. The number of nitrogens with zero attached hydrogens (tertiary/aromatic N) is 6. The summed E-state index contributed by atoms with van der Waals surface area (Å²) >= 11 is 0. The quantitative estimate of drug-likeness (QED) is 0.435. The number of methoxy groups -OCH3 is 1. The van der Waals surface area contributed by atoms with E-state index in [1.54, 1.807) is 36.5 Å². The monoisotopic (exact) mass is 526 g/mol. The molecule has 3 aromatic heterocycles. The number of piperidine rings is 1. The average molecular weight is 527 g/mol. The molecule has 0 saturated carbocycles. The van der Waals surface area contributed by atoms with E-state index in [2.05, 4.69) is 25.6 Å². The Morgan fingerprint density at radius 3 is 2.49 bits per heavy atom. The van der Waals surface area contributed by atoms with E-state index in [1.807, 2.05) is 24.1 Å². The Kier molecular flexibility index (Phi) is 6.26. The highest BCUT2D eigenvalue weighted by Gasteiger charge is 2.50. The lowest BCUT2D eigenvalue weighted by Gasteiger charge is -2.50. The van der Waals surface area contributed by atoms with Gasteiger partial charge in [-0.15, -0.1) is 0 Å². The summed E-state index contributed by atoms with van der Waals surface area (Å²) in [6.45, 7) is 1.26. The number of aryl methyl sites for hydroxylation is 1. The van der Waals surface area contributed by atoms with Gasteiger partial charge in [-0.25, -0.2) is 4.98 Å². The SMILES string of the molecule is COc1ccc2c3c(n(C)c2c1)[C@H](CO)N(C(=O)c1cnccn1)CC31CCN(C(=O)c2ccncc2)CC1. The minimum atomic E-state index is -0.556. The molecule has 2 aliphatic heterocycles. The van der Waals surface area contributed by atoms with Gasteiger partial charge in [0.15, 0.2) is 0 Å². The molecule has 5 heterocycles. The molecule has 1 fully saturated rings. The van der Waals surface area contributed by atoms with Gasteiger partial charge in [0.2, 0.25) is 0 Å². The Bertz CT molecular complexity index is 1530. The first-order valence-electron chi connectivity index (χ1n) is 13.0. The van der Waals surface area contributed by atoms with Gasteiger partial charge in [-0.05, 0) is 42.7 Å². The van der Waals surface area contributed by atoms with Crippen LogP contribution in [0.25, 0.3) is 10.9 Å². The third-order valence-electron chi connectivity index (χ3n) is 8.30. The predicted octanol–water partition coefficient (Wildman–Crippen LogP) is 2.74. The topological polar surface area (TPSA) is 114 Å². The number of aliphatic hydroxyl groups excluding tert-OH is 1. The summed E-state index contributed by atoms with van der Waals surface area (Å²) < 4.78 is 7.58. The molecule has 39 heavy (non-hydrogen) atoms. The largest absolute Gasteiger partial charge is 0.497 e. The third-order valence-corrected chi connectivity index (χ3v) is 8.30. The third kappa shape index (κ3) is 4.02. The number of benzene rings is 1. The van der Waals surface area contributed by atoms with Crippen LogP contribution in [0.5, 0.6) is 5.75 Å². The molecule has 10 heteroatoms. The van der Waals surface area contributed by atoms with Gasteiger partial charge in [-0.2, -0.15) is 0 Å². The van der Waals surface area contributed by atoms with Gasteiger partial charge in [0, 0.05) is 79.6 Å². The second-order valence-corrected chi connectivity index (χ2v) is 10.2. The number of fused-ring (bicyclic) bond motifs is 4. The normalized spacial score (nSPS) is 18.3. The van der Waals surface area contributed by atoms with Crippen molar-refractivity contribution < 1.29 is 19.4 Å². The van der Waals surface area contributed by atoms with Crippen LogP contribution in [-0.2, 0) is 12.5 Å². The van der Waals surface area contributed by atoms with Crippen LogP contribution in [0.1, 0.15) is 51.0 Å². The van der Waals surface area contributed by atoms with E-state index >= 15 is 0 Å². The van der Waals surface area contributed by atoms with E-state index in [1.165, 1.54) is 18.6 Å². The summed E-state index contributed by atoms with van der Waals surface area (Å²) in [5.74, 6) is 0.442. The van der Waals surface area contributed by atoms with Gasteiger partial charge in [0.25, 0.3) is 11.8 Å². The van der Waals surface area contributed by atoms with Crippen molar-refractivity contribution in [1.82, 2.24) is 29.3 Å². The smallest absolute Gasteiger partial charge is 0.274 e. The second kappa shape index (κ2) is 9.77. The van der Waals surface area contributed by atoms with E-state index in [4.69, 9.17) is 4.74 Å². The molecule has 200 valence electrons. The maximum Gasteiger partial charge on any atom is 0.274 e. The minimum absolute atomic E-state index is 0.0216. The van der Waals surface area contributed by atoms with Crippen molar-refractivity contribution in [3.63, 3.8) is 0 Å². The van der Waals surface area contributed by atoms with E-state index in [-0.39, 0.29) is 24.1 Å². The zero-order chi connectivity index (χ0) is 27.1. The van der Waals surface area contributed by atoms with Crippen molar-refractivity contribution in [2.75, 3.05) is 33.4 Å². The van der Waals surface area contributed by atoms with Crippen molar-refractivity contribution in [3.8, 4) is 5.75 Å². The van der Waals surface area contributed by atoms with Crippen LogP contribution in [0.15, 0.2) is 61.3 Å². The van der Waals surface area contributed by atoms with E-state index in [0.717, 1.165) is 27.9 Å². The van der Waals surface area contributed by atoms with Gasteiger partial charge in [-0.3, -0.25) is 19.6 Å². The number of pyridine rings is 1. The number of aromatic nitrogens is 4. The van der Waals surface area contributed by atoms with Gasteiger partial charge >= 0.3 is 0 Å². The molecule has 1 atom stereocenters. The Morgan fingerprint density at radius 2 is 1.82 bits per heavy atom. The fourth-order valence-electron chi connectivity index (χ4n) is 6.35. The Morgan fingerprint density at radius 1 is 1.05 bits per heavy atom. The first kappa shape index (κ1) is 25.0. The number of amides is 2. The van der Waals surface area contributed by atoms with Crippen molar-refractivity contribution in [1.29, 1.82) is 0 Å². The van der Waals surface area contributed by atoms with Crippen LogP contribution in [0.4, 0.5) is 0 Å². The number of ether oxygens (including phenoxy) is 1. The fraction of sp³-hybridized carbons (Fsp3) is 0.345. The summed E-state index contributed by atoms with van der Waals surface area (Å²) in [5, 5.41) is 11.7. The summed E-state index contributed by atoms with van der Waals surface area (Å²) in [7, 11) is 3.61. The Balaban J connectivity index is 1.45. The predicted molar refractivity (Wildman–Crippen MR) is 143 cm³/mol. The molecule has 2 aliphatic rings. The summed E-state index contributed by atoms with van der Waals surface area (Å²) in [5.41, 5.74) is 3.45. The highest BCUT2D eigenvalue weighted by Crippen LogP contribution is 2.50. The number of carbonyl (C=O) groups excluding carboxylic acids is 2. The number of rotatable bonds is 4. The molecule has 0 unspecified atom stereocenters. The highest BCUT2D eigenvalue weighted by molar-refractivity contribution is 5.95. The van der Waals surface area contributed by atoms with E-state index in [0.29, 0.717) is 38.0 Å². The van der Waals surface area contributed by atoms with E-state index in [9.17, 15) is 14.7 Å². The van der Waals surface area contributed by atoms with Crippen LogP contribution in [0.3, 0.4) is 0 Å². The number of hydrogen-bond acceptors (Lipinski definition) is 7. The van der Waals surface area contributed by atoms with Crippen molar-refractivity contribution in [3.05, 3.63) is 83.8 Å². The lowest BCUT2D eigenvalue weighted by atomic mass is 9.68.